The Hall–Kier alpha value is -2.98. The lowest BCUT2D eigenvalue weighted by atomic mass is 9.93. The maximum atomic E-state index is 11.1. The van der Waals surface area contributed by atoms with Crippen LogP contribution in [-0.4, -0.2) is 70.2 Å². The number of anilines is 1. The number of nitrogens with one attached hydrogen (secondary N) is 1. The summed E-state index contributed by atoms with van der Waals surface area (Å²) in [4.78, 5) is 29.6. The number of carbonyl (C=O) groups is 1. The van der Waals surface area contributed by atoms with Crippen LogP contribution in [0.4, 0.5) is 5.95 Å². The molecule has 0 bridgehead atoms. The number of hydrogen-bond acceptors (Lipinski definition) is 8. The second kappa shape index (κ2) is 11.9. The minimum atomic E-state index is -0.725. The summed E-state index contributed by atoms with van der Waals surface area (Å²) in [6, 6.07) is 9.32. The summed E-state index contributed by atoms with van der Waals surface area (Å²) in [7, 11) is 0. The Morgan fingerprint density at radius 1 is 1.00 bits per heavy atom. The Bertz CT molecular complexity index is 1330. The quantitative estimate of drug-likeness (QED) is 0.380. The molecule has 2 aromatic heterocycles. The molecule has 210 valence electrons. The van der Waals surface area contributed by atoms with E-state index in [9.17, 15) is 4.79 Å². The highest BCUT2D eigenvalue weighted by atomic mass is 35.5. The van der Waals surface area contributed by atoms with Crippen molar-refractivity contribution in [1.82, 2.24) is 25.2 Å². The molecule has 2 N–H and O–H groups in total. The lowest BCUT2D eigenvalue weighted by molar-refractivity contribution is -0.138. The van der Waals surface area contributed by atoms with Gasteiger partial charge in [0.25, 0.3) is 0 Å². The van der Waals surface area contributed by atoms with Crippen LogP contribution in [-0.2, 0) is 11.3 Å². The number of rotatable bonds is 8. The Balaban J connectivity index is 1.20. The second-order valence-electron chi connectivity index (χ2n) is 11.1. The standard InChI is InChI=1S/C29H32Cl2N6O3/c30-23-8-20(9-24(31)10-23)26-5-19(15-36-3-1-18(2-4-36)7-28(38)39)6-27(35-26)40-25-13-33-29(34-14-25)37-16-21-11-32-12-22(21)17-37/h5-6,8-10,13-14,18,21-22,32H,1-4,7,11-12,15-17H2,(H,38,39). The van der Waals surface area contributed by atoms with E-state index in [1.807, 2.05) is 24.3 Å². The first kappa shape index (κ1) is 27.2. The van der Waals surface area contributed by atoms with Crippen LogP contribution in [0.1, 0.15) is 24.8 Å². The molecule has 11 heteroatoms. The van der Waals surface area contributed by atoms with E-state index in [1.165, 1.54) is 0 Å². The number of ether oxygens (including phenoxy) is 1. The Labute approximate surface area is 243 Å². The van der Waals surface area contributed by atoms with Crippen LogP contribution in [0, 0.1) is 17.8 Å². The first-order valence-corrected chi connectivity index (χ1v) is 14.5. The molecule has 5 heterocycles. The Kier molecular flexibility index (Phi) is 8.07. The molecular weight excluding hydrogens is 551 g/mol. The van der Waals surface area contributed by atoms with Gasteiger partial charge in [-0.1, -0.05) is 23.2 Å². The number of piperidine rings is 1. The highest BCUT2D eigenvalue weighted by molar-refractivity contribution is 6.35. The molecule has 2 unspecified atom stereocenters. The molecule has 3 aliphatic rings. The van der Waals surface area contributed by atoms with E-state index >= 15 is 0 Å². The number of nitrogens with zero attached hydrogens (tertiary/aromatic N) is 5. The number of hydrogen-bond donors (Lipinski definition) is 2. The molecule has 40 heavy (non-hydrogen) atoms. The number of carboxylic acid groups (broad SMARTS) is 1. The smallest absolute Gasteiger partial charge is 0.303 e. The van der Waals surface area contributed by atoms with Gasteiger partial charge in [-0.15, -0.1) is 0 Å². The molecule has 6 rings (SSSR count). The average Bonchev–Trinajstić information content (AvgIpc) is 3.52. The SMILES string of the molecule is O=C(O)CC1CCN(Cc2cc(Oc3cnc(N4CC5CNCC5C4)nc3)nc(-c3cc(Cl)cc(Cl)c3)c2)CC1. The molecule has 3 aromatic rings. The summed E-state index contributed by atoms with van der Waals surface area (Å²) in [5, 5.41) is 13.7. The lowest BCUT2D eigenvalue weighted by Crippen LogP contribution is -2.33. The van der Waals surface area contributed by atoms with E-state index in [2.05, 4.69) is 25.1 Å². The zero-order valence-corrected chi connectivity index (χ0v) is 23.6. The predicted molar refractivity (Wildman–Crippen MR) is 154 cm³/mol. The van der Waals surface area contributed by atoms with E-state index in [-0.39, 0.29) is 12.3 Å². The Morgan fingerprint density at radius 3 is 2.33 bits per heavy atom. The number of pyridine rings is 1. The van der Waals surface area contributed by atoms with Crippen LogP contribution in [0.15, 0.2) is 42.7 Å². The summed E-state index contributed by atoms with van der Waals surface area (Å²) in [5.74, 6) is 2.50. The molecule has 0 saturated carbocycles. The number of likely N-dealkylation sites (tertiary alicyclic amines) is 1. The number of aliphatic carboxylic acids is 1. The van der Waals surface area contributed by atoms with Crippen molar-refractivity contribution in [1.29, 1.82) is 0 Å². The monoisotopic (exact) mass is 582 g/mol. The fourth-order valence-corrected chi connectivity index (χ4v) is 6.60. The predicted octanol–water partition coefficient (Wildman–Crippen LogP) is 4.98. The molecule has 0 aliphatic carbocycles. The number of fused-ring (bicyclic) bond motifs is 1. The first-order valence-electron chi connectivity index (χ1n) is 13.7. The largest absolute Gasteiger partial charge is 0.481 e. The van der Waals surface area contributed by atoms with Gasteiger partial charge in [0.2, 0.25) is 11.8 Å². The third-order valence-electron chi connectivity index (χ3n) is 8.11. The molecule has 0 amide bonds. The third kappa shape index (κ3) is 6.49. The van der Waals surface area contributed by atoms with Gasteiger partial charge in [-0.05, 0) is 73.5 Å². The van der Waals surface area contributed by atoms with Crippen molar-refractivity contribution in [3.05, 3.63) is 58.3 Å². The lowest BCUT2D eigenvalue weighted by Gasteiger charge is -2.31. The van der Waals surface area contributed by atoms with Gasteiger partial charge in [0, 0.05) is 60.8 Å². The van der Waals surface area contributed by atoms with E-state index in [4.69, 9.17) is 38.0 Å². The van der Waals surface area contributed by atoms with Crippen molar-refractivity contribution in [3.63, 3.8) is 0 Å². The maximum absolute atomic E-state index is 11.1. The normalized spacial score (nSPS) is 21.5. The van der Waals surface area contributed by atoms with Crippen molar-refractivity contribution in [3.8, 4) is 22.9 Å². The van der Waals surface area contributed by atoms with Crippen LogP contribution < -0.4 is 15.0 Å². The molecule has 3 aliphatic heterocycles. The van der Waals surface area contributed by atoms with Gasteiger partial charge in [-0.2, -0.15) is 0 Å². The molecule has 0 radical (unpaired) electrons. The van der Waals surface area contributed by atoms with E-state index in [0.29, 0.717) is 45.7 Å². The molecular formula is C29H32Cl2N6O3. The summed E-state index contributed by atoms with van der Waals surface area (Å²) < 4.78 is 6.17. The van der Waals surface area contributed by atoms with Crippen LogP contribution in [0.2, 0.25) is 10.0 Å². The summed E-state index contributed by atoms with van der Waals surface area (Å²) in [6.45, 7) is 6.45. The van der Waals surface area contributed by atoms with Crippen LogP contribution in [0.25, 0.3) is 11.3 Å². The van der Waals surface area contributed by atoms with Crippen LogP contribution in [0.3, 0.4) is 0 Å². The number of aromatic nitrogens is 3. The molecule has 9 nitrogen and oxygen atoms in total. The van der Waals surface area contributed by atoms with Crippen molar-refractivity contribution < 1.29 is 14.6 Å². The molecule has 2 atom stereocenters. The minimum Gasteiger partial charge on any atom is -0.481 e. The van der Waals surface area contributed by atoms with Gasteiger partial charge in [0.15, 0.2) is 5.75 Å². The zero-order valence-electron chi connectivity index (χ0n) is 22.1. The van der Waals surface area contributed by atoms with Gasteiger partial charge in [-0.25, -0.2) is 15.0 Å². The third-order valence-corrected chi connectivity index (χ3v) is 8.54. The number of halogens is 2. The van der Waals surface area contributed by atoms with E-state index in [1.54, 1.807) is 18.5 Å². The van der Waals surface area contributed by atoms with Crippen molar-refractivity contribution in [2.75, 3.05) is 44.2 Å². The second-order valence-corrected chi connectivity index (χ2v) is 12.0. The first-order chi connectivity index (χ1) is 19.4. The van der Waals surface area contributed by atoms with Gasteiger partial charge >= 0.3 is 5.97 Å². The highest BCUT2D eigenvalue weighted by Gasteiger charge is 2.37. The number of carboxylic acids is 1. The fraction of sp³-hybridized carbons (Fsp3) is 0.448. The summed E-state index contributed by atoms with van der Waals surface area (Å²) in [5.41, 5.74) is 2.53. The Morgan fingerprint density at radius 2 is 1.68 bits per heavy atom. The zero-order chi connectivity index (χ0) is 27.6. The van der Waals surface area contributed by atoms with Crippen molar-refractivity contribution in [2.24, 2.45) is 17.8 Å². The van der Waals surface area contributed by atoms with Crippen molar-refractivity contribution >= 4 is 35.1 Å². The van der Waals surface area contributed by atoms with Gasteiger partial charge < -0.3 is 20.1 Å². The minimum absolute atomic E-state index is 0.231. The maximum Gasteiger partial charge on any atom is 0.303 e. The van der Waals surface area contributed by atoms with Gasteiger partial charge in [0.1, 0.15) is 0 Å². The van der Waals surface area contributed by atoms with Crippen LogP contribution >= 0.6 is 23.2 Å². The van der Waals surface area contributed by atoms with Gasteiger partial charge in [0.05, 0.1) is 18.1 Å². The molecule has 0 spiro atoms. The van der Waals surface area contributed by atoms with Crippen LogP contribution in [0.5, 0.6) is 11.6 Å². The summed E-state index contributed by atoms with van der Waals surface area (Å²) >= 11 is 12.6. The number of benzene rings is 1. The van der Waals surface area contributed by atoms with E-state index < -0.39 is 5.97 Å². The molecule has 3 saturated heterocycles. The topological polar surface area (TPSA) is 104 Å². The molecule has 3 fully saturated rings. The molecule has 1 aromatic carbocycles. The summed E-state index contributed by atoms with van der Waals surface area (Å²) in [6.07, 6.45) is 5.38. The van der Waals surface area contributed by atoms with Crippen molar-refractivity contribution in [2.45, 2.75) is 25.8 Å². The average molecular weight is 584 g/mol. The fourth-order valence-electron chi connectivity index (χ4n) is 6.07. The van der Waals surface area contributed by atoms with E-state index in [0.717, 1.165) is 69.2 Å². The highest BCUT2D eigenvalue weighted by Crippen LogP contribution is 2.32. The van der Waals surface area contributed by atoms with Gasteiger partial charge in [-0.3, -0.25) is 9.69 Å².